The zero-order valence-electron chi connectivity index (χ0n) is 11.2. The van der Waals surface area contributed by atoms with Gasteiger partial charge in [-0.05, 0) is 40.0 Å². The summed E-state index contributed by atoms with van der Waals surface area (Å²) in [5, 5.41) is 3.39. The summed E-state index contributed by atoms with van der Waals surface area (Å²) in [6.45, 7) is 8.55. The first-order valence-electron chi connectivity index (χ1n) is 5.85. The van der Waals surface area contributed by atoms with Crippen molar-refractivity contribution in [2.75, 3.05) is 13.6 Å². The summed E-state index contributed by atoms with van der Waals surface area (Å²) < 4.78 is 5.72. The van der Waals surface area contributed by atoms with Crippen molar-refractivity contribution in [3.8, 4) is 12.3 Å². The van der Waals surface area contributed by atoms with Gasteiger partial charge in [0.1, 0.15) is 11.5 Å². The van der Waals surface area contributed by atoms with Crippen LogP contribution in [0.2, 0.25) is 0 Å². The molecule has 0 saturated carbocycles. The third-order valence-electron chi connectivity index (χ3n) is 2.30. The van der Waals surface area contributed by atoms with Gasteiger partial charge in [-0.2, -0.15) is 0 Å². The molecule has 94 valence electrons. The fourth-order valence-electron chi connectivity index (χ4n) is 1.43. The number of terminal acetylenes is 1. The van der Waals surface area contributed by atoms with Gasteiger partial charge in [-0.25, -0.2) is 0 Å². The third-order valence-corrected chi connectivity index (χ3v) is 2.30. The molecule has 1 rings (SSSR count). The van der Waals surface area contributed by atoms with Gasteiger partial charge in [0.05, 0.1) is 19.6 Å². The van der Waals surface area contributed by atoms with Crippen molar-refractivity contribution < 1.29 is 4.42 Å². The number of nitrogens with zero attached hydrogens (tertiary/aromatic N) is 1. The van der Waals surface area contributed by atoms with E-state index in [0.29, 0.717) is 6.54 Å². The molecule has 0 aliphatic rings. The topological polar surface area (TPSA) is 28.4 Å². The van der Waals surface area contributed by atoms with Crippen LogP contribution in [0.1, 0.15) is 32.3 Å². The maximum absolute atomic E-state index is 5.72. The summed E-state index contributed by atoms with van der Waals surface area (Å²) in [6, 6.07) is 4.02. The summed E-state index contributed by atoms with van der Waals surface area (Å²) >= 11 is 0. The van der Waals surface area contributed by atoms with E-state index < -0.39 is 0 Å². The van der Waals surface area contributed by atoms with Gasteiger partial charge in [-0.1, -0.05) is 5.92 Å². The number of nitrogens with one attached hydrogen (secondary N) is 1. The van der Waals surface area contributed by atoms with Crippen LogP contribution in [0, 0.1) is 12.3 Å². The minimum Gasteiger partial charge on any atom is -0.463 e. The van der Waals surface area contributed by atoms with Crippen molar-refractivity contribution in [2.45, 2.75) is 39.4 Å². The molecule has 0 unspecified atom stereocenters. The molecule has 1 aromatic rings. The average molecular weight is 234 g/mol. The van der Waals surface area contributed by atoms with Crippen molar-refractivity contribution in [3.05, 3.63) is 23.7 Å². The van der Waals surface area contributed by atoms with E-state index in [1.54, 1.807) is 0 Å². The fourth-order valence-corrected chi connectivity index (χ4v) is 1.43. The first-order chi connectivity index (χ1) is 7.90. The molecule has 0 spiro atoms. The Bertz CT molecular complexity index is 382. The van der Waals surface area contributed by atoms with Crippen molar-refractivity contribution in [2.24, 2.45) is 0 Å². The van der Waals surface area contributed by atoms with E-state index in [1.807, 2.05) is 24.1 Å². The third kappa shape index (κ3) is 5.58. The lowest BCUT2D eigenvalue weighted by atomic mass is 10.1. The summed E-state index contributed by atoms with van der Waals surface area (Å²) in [5.41, 5.74) is 0.104. The second-order valence-corrected chi connectivity index (χ2v) is 5.35. The Morgan fingerprint density at radius 3 is 2.59 bits per heavy atom. The molecule has 3 nitrogen and oxygen atoms in total. The van der Waals surface area contributed by atoms with E-state index in [2.05, 4.69) is 32.0 Å². The van der Waals surface area contributed by atoms with E-state index in [0.717, 1.165) is 24.6 Å². The highest BCUT2D eigenvalue weighted by Crippen LogP contribution is 2.11. The lowest BCUT2D eigenvalue weighted by molar-refractivity contribution is 0.312. The number of furan rings is 1. The molecular weight excluding hydrogens is 212 g/mol. The second-order valence-electron chi connectivity index (χ2n) is 5.35. The van der Waals surface area contributed by atoms with Crippen LogP contribution in [0.3, 0.4) is 0 Å². The van der Waals surface area contributed by atoms with E-state index in [4.69, 9.17) is 10.8 Å². The Hall–Kier alpha value is -1.24. The standard InChI is InChI=1S/C14H22N2O/c1-6-9-16(5)11-13-8-7-12(17-13)10-15-14(2,3)4/h1,7-8,15H,9-11H2,2-5H3. The van der Waals surface area contributed by atoms with Gasteiger partial charge in [0, 0.05) is 5.54 Å². The zero-order valence-corrected chi connectivity index (χ0v) is 11.2. The number of hydrogen-bond acceptors (Lipinski definition) is 3. The highest BCUT2D eigenvalue weighted by atomic mass is 16.3. The van der Waals surface area contributed by atoms with Crippen LogP contribution in [0.4, 0.5) is 0 Å². The lowest BCUT2D eigenvalue weighted by Crippen LogP contribution is -2.34. The first kappa shape index (κ1) is 13.8. The lowest BCUT2D eigenvalue weighted by Gasteiger charge is -2.19. The highest BCUT2D eigenvalue weighted by molar-refractivity contribution is 5.07. The maximum Gasteiger partial charge on any atom is 0.118 e. The molecule has 0 aliphatic heterocycles. The Labute approximate surface area is 104 Å². The normalized spacial score (nSPS) is 11.8. The smallest absolute Gasteiger partial charge is 0.118 e. The monoisotopic (exact) mass is 234 g/mol. The molecular formula is C14H22N2O. The summed E-state index contributed by atoms with van der Waals surface area (Å²) in [4.78, 5) is 2.04. The predicted octanol–water partition coefficient (Wildman–Crippen LogP) is 2.23. The molecule has 17 heavy (non-hydrogen) atoms. The second kappa shape index (κ2) is 5.90. The molecule has 0 atom stereocenters. The molecule has 1 aromatic heterocycles. The van der Waals surface area contributed by atoms with Gasteiger partial charge >= 0.3 is 0 Å². The van der Waals surface area contributed by atoms with Gasteiger partial charge < -0.3 is 9.73 Å². The van der Waals surface area contributed by atoms with Gasteiger partial charge in [0.15, 0.2) is 0 Å². The predicted molar refractivity (Wildman–Crippen MR) is 70.5 cm³/mol. The van der Waals surface area contributed by atoms with Crippen LogP contribution in [0.5, 0.6) is 0 Å². The Balaban J connectivity index is 2.46. The Morgan fingerprint density at radius 2 is 2.00 bits per heavy atom. The molecule has 0 aliphatic carbocycles. The zero-order chi connectivity index (χ0) is 12.9. The minimum atomic E-state index is 0.104. The van der Waals surface area contributed by atoms with Crippen LogP contribution in [-0.4, -0.2) is 24.0 Å². The summed E-state index contributed by atoms with van der Waals surface area (Å²) in [7, 11) is 1.98. The molecule has 1 heterocycles. The molecule has 0 saturated heterocycles. The average Bonchev–Trinajstić information content (AvgIpc) is 2.62. The van der Waals surface area contributed by atoms with Crippen LogP contribution in [0.15, 0.2) is 16.5 Å². The van der Waals surface area contributed by atoms with Crippen LogP contribution < -0.4 is 5.32 Å². The molecule has 3 heteroatoms. The van der Waals surface area contributed by atoms with Crippen molar-refractivity contribution >= 4 is 0 Å². The summed E-state index contributed by atoms with van der Waals surface area (Å²) in [5.74, 6) is 4.53. The van der Waals surface area contributed by atoms with Crippen LogP contribution in [0.25, 0.3) is 0 Å². The van der Waals surface area contributed by atoms with Crippen molar-refractivity contribution in [1.29, 1.82) is 0 Å². The Kier molecular flexibility index (Phi) is 4.80. The van der Waals surface area contributed by atoms with E-state index in [-0.39, 0.29) is 5.54 Å². The van der Waals surface area contributed by atoms with E-state index in [1.165, 1.54) is 0 Å². The first-order valence-corrected chi connectivity index (χ1v) is 5.85. The quantitative estimate of drug-likeness (QED) is 0.792. The molecule has 0 aromatic carbocycles. The van der Waals surface area contributed by atoms with Crippen molar-refractivity contribution in [3.63, 3.8) is 0 Å². The van der Waals surface area contributed by atoms with Gasteiger partial charge in [-0.3, -0.25) is 4.90 Å². The summed E-state index contributed by atoms with van der Waals surface area (Å²) in [6.07, 6.45) is 5.25. The van der Waals surface area contributed by atoms with E-state index in [9.17, 15) is 0 Å². The number of rotatable bonds is 5. The fraction of sp³-hybridized carbons (Fsp3) is 0.571. The molecule has 1 N–H and O–H groups in total. The van der Waals surface area contributed by atoms with Gasteiger partial charge in [-0.15, -0.1) is 6.42 Å². The number of hydrogen-bond donors (Lipinski definition) is 1. The van der Waals surface area contributed by atoms with Crippen LogP contribution in [-0.2, 0) is 13.1 Å². The minimum absolute atomic E-state index is 0.104. The Morgan fingerprint density at radius 1 is 1.35 bits per heavy atom. The van der Waals surface area contributed by atoms with Crippen LogP contribution >= 0.6 is 0 Å². The molecule has 0 bridgehead atoms. The highest BCUT2D eigenvalue weighted by Gasteiger charge is 2.10. The SMILES string of the molecule is C#CCN(C)Cc1ccc(CNC(C)(C)C)o1. The molecule has 0 radical (unpaired) electrons. The largest absolute Gasteiger partial charge is 0.463 e. The van der Waals surface area contributed by atoms with Gasteiger partial charge in [0.2, 0.25) is 0 Å². The maximum atomic E-state index is 5.72. The molecule has 0 amide bonds. The van der Waals surface area contributed by atoms with Crippen molar-refractivity contribution in [1.82, 2.24) is 10.2 Å². The molecule has 0 fully saturated rings. The van der Waals surface area contributed by atoms with E-state index >= 15 is 0 Å². The van der Waals surface area contributed by atoms with Gasteiger partial charge in [0.25, 0.3) is 0 Å².